The topological polar surface area (TPSA) is 73.1 Å². The summed E-state index contributed by atoms with van der Waals surface area (Å²) < 4.78 is 13.4. The van der Waals surface area contributed by atoms with Gasteiger partial charge in [0.15, 0.2) is 16.3 Å². The van der Waals surface area contributed by atoms with Crippen LogP contribution < -0.4 is 24.4 Å². The van der Waals surface area contributed by atoms with Crippen molar-refractivity contribution in [2.75, 3.05) is 26.3 Å². The largest absolute Gasteiger partial charge is 0.486 e. The molecule has 0 N–H and O–H groups in total. The third kappa shape index (κ3) is 4.35. The van der Waals surface area contributed by atoms with Gasteiger partial charge in [-0.2, -0.15) is 0 Å². The van der Waals surface area contributed by atoms with E-state index in [2.05, 4.69) is 0 Å². The smallest absolute Gasteiger partial charge is 0.271 e. The Morgan fingerprint density at radius 3 is 2.53 bits per heavy atom. The molecule has 0 bridgehead atoms. The number of amides is 1. The molecule has 7 nitrogen and oxygen atoms in total. The molecule has 2 aliphatic heterocycles. The van der Waals surface area contributed by atoms with E-state index in [4.69, 9.17) is 26.1 Å². The number of allylic oxidation sites excluding steroid dienone is 1. The second-order valence-electron chi connectivity index (χ2n) is 8.51. The Labute approximate surface area is 217 Å². The van der Waals surface area contributed by atoms with Crippen molar-refractivity contribution in [1.29, 1.82) is 0 Å². The average molecular weight is 524 g/mol. The lowest BCUT2D eigenvalue weighted by molar-refractivity contribution is -0.127. The summed E-state index contributed by atoms with van der Waals surface area (Å²) >= 11 is 7.46. The van der Waals surface area contributed by atoms with Gasteiger partial charge in [0.05, 0.1) is 21.8 Å². The summed E-state index contributed by atoms with van der Waals surface area (Å²) in [5, 5.41) is 0.585. The Balaban J connectivity index is 1.68. The summed E-state index contributed by atoms with van der Waals surface area (Å²) in [6.45, 7) is 7.85. The minimum Gasteiger partial charge on any atom is -0.486 e. The Kier molecular flexibility index (Phi) is 6.73. The lowest BCUT2D eigenvalue weighted by Gasteiger charge is -2.29. The summed E-state index contributed by atoms with van der Waals surface area (Å²) in [5.41, 5.74) is 2.53. The van der Waals surface area contributed by atoms with E-state index in [1.807, 2.05) is 57.2 Å². The van der Waals surface area contributed by atoms with E-state index in [0.29, 0.717) is 63.4 Å². The van der Waals surface area contributed by atoms with Crippen LogP contribution in [0.4, 0.5) is 0 Å². The molecule has 3 heterocycles. The van der Waals surface area contributed by atoms with Crippen LogP contribution in [-0.4, -0.2) is 41.7 Å². The maximum absolute atomic E-state index is 13.8. The fraction of sp³-hybridized carbons (Fsp3) is 0.296. The molecule has 1 aromatic heterocycles. The molecule has 0 saturated heterocycles. The van der Waals surface area contributed by atoms with Crippen molar-refractivity contribution in [2.24, 2.45) is 4.99 Å². The Hall–Kier alpha value is -3.36. The number of likely N-dealkylation sites (N-methyl/N-ethyl adjacent to an activating group) is 1. The van der Waals surface area contributed by atoms with Crippen LogP contribution in [-0.2, 0) is 4.79 Å². The van der Waals surface area contributed by atoms with Gasteiger partial charge in [0.2, 0.25) is 0 Å². The van der Waals surface area contributed by atoms with Crippen LogP contribution in [0.3, 0.4) is 0 Å². The number of fused-ring (bicyclic) bond motifs is 2. The molecular formula is C27H26ClN3O4S. The number of hydrogen-bond donors (Lipinski definition) is 0. The summed E-state index contributed by atoms with van der Waals surface area (Å²) in [4.78, 5) is 34.4. The number of hydrogen-bond acceptors (Lipinski definition) is 6. The lowest BCUT2D eigenvalue weighted by Crippen LogP contribution is -2.43. The average Bonchev–Trinajstić information content (AvgIpc) is 3.18. The first-order valence-corrected chi connectivity index (χ1v) is 13.1. The molecule has 0 aliphatic carbocycles. The highest BCUT2D eigenvalue weighted by atomic mass is 35.5. The van der Waals surface area contributed by atoms with E-state index < -0.39 is 6.04 Å². The van der Waals surface area contributed by atoms with E-state index in [-0.39, 0.29) is 11.5 Å². The molecule has 2 aliphatic rings. The van der Waals surface area contributed by atoms with E-state index >= 15 is 0 Å². The molecule has 1 atom stereocenters. The summed E-state index contributed by atoms with van der Waals surface area (Å²) in [7, 11) is 0. The normalized spacial score (nSPS) is 17.0. The fourth-order valence-corrected chi connectivity index (χ4v) is 5.71. The zero-order chi connectivity index (χ0) is 25.4. The van der Waals surface area contributed by atoms with Gasteiger partial charge >= 0.3 is 0 Å². The summed E-state index contributed by atoms with van der Waals surface area (Å²) in [6.07, 6.45) is 1.83. The van der Waals surface area contributed by atoms with Crippen LogP contribution in [0.15, 0.2) is 63.5 Å². The molecule has 0 unspecified atom stereocenters. The molecule has 0 saturated carbocycles. The van der Waals surface area contributed by atoms with Gasteiger partial charge in [0.1, 0.15) is 13.2 Å². The van der Waals surface area contributed by atoms with E-state index in [0.717, 1.165) is 11.1 Å². The van der Waals surface area contributed by atoms with Crippen molar-refractivity contribution >= 4 is 34.9 Å². The number of nitrogens with zero attached hydrogens (tertiary/aromatic N) is 3. The maximum atomic E-state index is 13.8. The third-order valence-corrected chi connectivity index (χ3v) is 7.59. The van der Waals surface area contributed by atoms with Crippen molar-refractivity contribution in [3.05, 3.63) is 89.6 Å². The highest BCUT2D eigenvalue weighted by molar-refractivity contribution is 7.07. The first kappa shape index (κ1) is 24.3. The van der Waals surface area contributed by atoms with Gasteiger partial charge in [-0.3, -0.25) is 14.2 Å². The molecule has 5 rings (SSSR count). The van der Waals surface area contributed by atoms with Crippen LogP contribution in [0.2, 0.25) is 5.02 Å². The molecule has 3 aromatic rings. The molecule has 36 heavy (non-hydrogen) atoms. The van der Waals surface area contributed by atoms with Crippen LogP contribution >= 0.6 is 22.9 Å². The molecule has 9 heteroatoms. The van der Waals surface area contributed by atoms with Gasteiger partial charge in [-0.1, -0.05) is 41.1 Å². The minimum atomic E-state index is -0.603. The number of halogens is 1. The quantitative estimate of drug-likeness (QED) is 0.513. The summed E-state index contributed by atoms with van der Waals surface area (Å²) in [5.74, 6) is 1.23. The first-order chi connectivity index (χ1) is 17.4. The van der Waals surface area contributed by atoms with Gasteiger partial charge < -0.3 is 14.4 Å². The Morgan fingerprint density at radius 1 is 1.14 bits per heavy atom. The minimum absolute atomic E-state index is 0.123. The highest BCUT2D eigenvalue weighted by Crippen LogP contribution is 2.32. The second kappa shape index (κ2) is 9.95. The zero-order valence-electron chi connectivity index (χ0n) is 20.3. The molecular weight excluding hydrogens is 498 g/mol. The molecule has 0 radical (unpaired) electrons. The van der Waals surface area contributed by atoms with Gasteiger partial charge in [-0.15, -0.1) is 0 Å². The fourth-order valence-electron chi connectivity index (χ4n) is 4.54. The molecule has 186 valence electrons. The number of rotatable bonds is 5. The zero-order valence-corrected chi connectivity index (χ0v) is 21.9. The van der Waals surface area contributed by atoms with Crippen molar-refractivity contribution < 1.29 is 14.3 Å². The lowest BCUT2D eigenvalue weighted by atomic mass is 9.94. The standard InChI is InChI=1S/C27H26ClN3O4S/c1-4-30(5-2)26(33)23-16(3)29-27-31(24(23)18-7-9-19(28)10-8-18)25(32)22(36-27)15-17-6-11-20-21(14-17)35-13-12-34-20/h6-11,14-15,24H,4-5,12-13H2,1-3H3/b22-15+/t24-/m1/s1. The summed E-state index contributed by atoms with van der Waals surface area (Å²) in [6, 6.07) is 12.3. The predicted octanol–water partition coefficient (Wildman–Crippen LogP) is 3.53. The Bertz CT molecular complexity index is 1530. The number of carbonyl (C=O) groups is 1. The van der Waals surface area contributed by atoms with E-state index in [1.54, 1.807) is 21.6 Å². The number of benzene rings is 2. The van der Waals surface area contributed by atoms with Crippen molar-refractivity contribution in [1.82, 2.24) is 9.47 Å². The number of carbonyl (C=O) groups excluding carboxylic acids is 1. The third-order valence-electron chi connectivity index (χ3n) is 6.35. The molecule has 0 spiro atoms. The van der Waals surface area contributed by atoms with Gasteiger partial charge in [0.25, 0.3) is 11.5 Å². The van der Waals surface area contributed by atoms with Gasteiger partial charge in [-0.05, 0) is 62.2 Å². The molecule has 2 aromatic carbocycles. The maximum Gasteiger partial charge on any atom is 0.271 e. The van der Waals surface area contributed by atoms with Crippen molar-refractivity contribution in [2.45, 2.75) is 26.8 Å². The second-order valence-corrected chi connectivity index (χ2v) is 9.96. The van der Waals surface area contributed by atoms with E-state index in [9.17, 15) is 9.59 Å². The van der Waals surface area contributed by atoms with Crippen molar-refractivity contribution in [3.8, 4) is 11.5 Å². The van der Waals surface area contributed by atoms with Crippen LogP contribution in [0, 0.1) is 0 Å². The number of ether oxygens (including phenoxy) is 2. The Morgan fingerprint density at radius 2 is 1.83 bits per heavy atom. The highest BCUT2D eigenvalue weighted by Gasteiger charge is 2.34. The number of thiazole rings is 1. The monoisotopic (exact) mass is 523 g/mol. The van der Waals surface area contributed by atoms with Crippen LogP contribution in [0.25, 0.3) is 6.08 Å². The molecule has 1 amide bonds. The van der Waals surface area contributed by atoms with Crippen LogP contribution in [0.1, 0.15) is 37.9 Å². The molecule has 0 fully saturated rings. The first-order valence-electron chi connectivity index (χ1n) is 11.9. The van der Waals surface area contributed by atoms with Gasteiger partial charge in [-0.25, -0.2) is 4.99 Å². The number of aromatic nitrogens is 1. The SMILES string of the molecule is CCN(CC)C(=O)C1=C(C)N=c2s/c(=C/c3ccc4c(c3)OCCO4)c(=O)n2[C@@H]1c1ccc(Cl)cc1. The van der Waals surface area contributed by atoms with Crippen LogP contribution in [0.5, 0.6) is 11.5 Å². The van der Waals surface area contributed by atoms with E-state index in [1.165, 1.54) is 11.3 Å². The predicted molar refractivity (Wildman–Crippen MR) is 141 cm³/mol. The van der Waals surface area contributed by atoms with Crippen molar-refractivity contribution in [3.63, 3.8) is 0 Å². The van der Waals surface area contributed by atoms with Gasteiger partial charge in [0, 0.05) is 18.1 Å².